The van der Waals surface area contributed by atoms with Crippen molar-refractivity contribution in [2.24, 2.45) is 0 Å². The number of nitrogens with zero attached hydrogens (tertiary/aromatic N) is 1. The molecule has 8 heteroatoms. The molecule has 2 aromatic carbocycles. The molecule has 6 nitrogen and oxygen atoms in total. The Morgan fingerprint density at radius 1 is 1.07 bits per heavy atom. The summed E-state index contributed by atoms with van der Waals surface area (Å²) < 4.78 is 5.21. The van der Waals surface area contributed by atoms with Gasteiger partial charge in [0.25, 0.3) is 0 Å². The maximum absolute atomic E-state index is 12.4. The van der Waals surface area contributed by atoms with Gasteiger partial charge in [-0.2, -0.15) is 0 Å². The van der Waals surface area contributed by atoms with E-state index in [1.807, 2.05) is 0 Å². The Kier molecular flexibility index (Phi) is 7.47. The van der Waals surface area contributed by atoms with Crippen LogP contribution in [0, 0.1) is 0 Å². The van der Waals surface area contributed by atoms with Crippen molar-refractivity contribution in [2.45, 2.75) is 13.0 Å². The van der Waals surface area contributed by atoms with Crippen LogP contribution in [0.15, 0.2) is 42.5 Å². The summed E-state index contributed by atoms with van der Waals surface area (Å²) in [5.41, 5.74) is 1.11. The molecule has 0 saturated heterocycles. The highest BCUT2D eigenvalue weighted by atomic mass is 35.5. The zero-order valence-electron chi connectivity index (χ0n) is 15.3. The Morgan fingerprint density at radius 3 is 2.33 bits per heavy atom. The van der Waals surface area contributed by atoms with Crippen LogP contribution in [0.1, 0.15) is 6.92 Å². The van der Waals surface area contributed by atoms with Crippen molar-refractivity contribution in [1.82, 2.24) is 4.90 Å². The third kappa shape index (κ3) is 6.13. The minimum absolute atomic E-state index is 0.0187. The van der Waals surface area contributed by atoms with E-state index in [4.69, 9.17) is 27.9 Å². The Hall–Kier alpha value is -2.28. The fraction of sp³-hybridized carbons (Fsp3) is 0.263. The smallest absolute Gasteiger partial charge is 0.241 e. The van der Waals surface area contributed by atoms with E-state index < -0.39 is 6.04 Å². The number of nitrogens with one attached hydrogen (secondary N) is 2. The van der Waals surface area contributed by atoms with Crippen LogP contribution in [0.4, 0.5) is 11.4 Å². The van der Waals surface area contributed by atoms with Crippen molar-refractivity contribution in [3.8, 4) is 5.75 Å². The molecule has 1 unspecified atom stereocenters. The van der Waals surface area contributed by atoms with E-state index in [-0.39, 0.29) is 18.4 Å². The molecule has 2 N–H and O–H groups in total. The summed E-state index contributed by atoms with van der Waals surface area (Å²) in [5.74, 6) is -0.0129. The van der Waals surface area contributed by atoms with E-state index in [2.05, 4.69) is 10.6 Å². The van der Waals surface area contributed by atoms with Crippen LogP contribution < -0.4 is 15.4 Å². The predicted octanol–water partition coefficient (Wildman–Crippen LogP) is 3.90. The van der Waals surface area contributed by atoms with Gasteiger partial charge in [-0.25, -0.2) is 0 Å². The molecule has 0 spiro atoms. The Labute approximate surface area is 168 Å². The molecule has 0 aliphatic carbocycles. The molecule has 1 atom stereocenters. The number of benzene rings is 2. The van der Waals surface area contributed by atoms with E-state index >= 15 is 0 Å². The van der Waals surface area contributed by atoms with Gasteiger partial charge >= 0.3 is 0 Å². The van der Waals surface area contributed by atoms with Gasteiger partial charge in [0, 0.05) is 15.7 Å². The lowest BCUT2D eigenvalue weighted by Crippen LogP contribution is -2.43. The van der Waals surface area contributed by atoms with E-state index in [0.717, 1.165) is 0 Å². The molecule has 0 aliphatic rings. The van der Waals surface area contributed by atoms with Crippen LogP contribution >= 0.6 is 23.2 Å². The van der Waals surface area contributed by atoms with E-state index in [1.165, 1.54) is 7.11 Å². The minimum atomic E-state index is -0.521. The van der Waals surface area contributed by atoms with Crippen molar-refractivity contribution in [1.29, 1.82) is 0 Å². The van der Waals surface area contributed by atoms with Crippen molar-refractivity contribution in [3.63, 3.8) is 0 Å². The summed E-state index contributed by atoms with van der Waals surface area (Å²) >= 11 is 11.8. The predicted molar refractivity (Wildman–Crippen MR) is 109 cm³/mol. The van der Waals surface area contributed by atoms with Gasteiger partial charge in [0.2, 0.25) is 11.8 Å². The Bertz CT molecular complexity index is 812. The average Bonchev–Trinajstić information content (AvgIpc) is 2.63. The third-order valence-electron chi connectivity index (χ3n) is 3.98. The quantitative estimate of drug-likeness (QED) is 0.727. The number of amides is 2. The average molecular weight is 410 g/mol. The highest BCUT2D eigenvalue weighted by Gasteiger charge is 2.21. The molecule has 0 bridgehead atoms. The molecule has 27 heavy (non-hydrogen) atoms. The van der Waals surface area contributed by atoms with Gasteiger partial charge in [-0.05, 0) is 56.4 Å². The number of hydrogen-bond acceptors (Lipinski definition) is 4. The second-order valence-electron chi connectivity index (χ2n) is 5.98. The molecule has 0 aliphatic heterocycles. The maximum Gasteiger partial charge on any atom is 0.241 e. The second-order valence-corrected chi connectivity index (χ2v) is 6.85. The zero-order valence-corrected chi connectivity index (χ0v) is 16.8. The van der Waals surface area contributed by atoms with E-state index in [0.29, 0.717) is 27.2 Å². The summed E-state index contributed by atoms with van der Waals surface area (Å²) in [4.78, 5) is 26.3. The Morgan fingerprint density at radius 2 is 1.70 bits per heavy atom. The first kappa shape index (κ1) is 21.0. The summed E-state index contributed by atoms with van der Waals surface area (Å²) in [6, 6.07) is 11.2. The monoisotopic (exact) mass is 409 g/mol. The number of ether oxygens (including phenoxy) is 1. The second kappa shape index (κ2) is 9.60. The molecular formula is C19H21Cl2N3O3. The van der Waals surface area contributed by atoms with Gasteiger partial charge in [-0.3, -0.25) is 14.5 Å². The van der Waals surface area contributed by atoms with Gasteiger partial charge in [0.15, 0.2) is 0 Å². The summed E-state index contributed by atoms with van der Waals surface area (Å²) in [6.45, 7) is 1.74. The number of methoxy groups -OCH3 is 1. The van der Waals surface area contributed by atoms with E-state index in [9.17, 15) is 9.59 Å². The standard InChI is InChI=1S/C19H21Cl2N3O3/c1-12(19(26)22-15-7-4-13(20)5-8-15)24(2)11-18(25)23-16-10-14(21)6-9-17(16)27-3/h4-10,12H,11H2,1-3H3,(H,22,26)(H,23,25). The third-order valence-corrected chi connectivity index (χ3v) is 4.47. The number of likely N-dealkylation sites (N-methyl/N-ethyl adjacent to an activating group) is 1. The normalized spacial score (nSPS) is 11.8. The van der Waals surface area contributed by atoms with Crippen molar-refractivity contribution in [3.05, 3.63) is 52.5 Å². The molecule has 144 valence electrons. The number of carbonyl (C=O) groups excluding carboxylic acids is 2. The van der Waals surface area contributed by atoms with Crippen LogP contribution in [0.25, 0.3) is 0 Å². The van der Waals surface area contributed by atoms with Gasteiger partial charge in [0.1, 0.15) is 5.75 Å². The molecule has 0 saturated carbocycles. The Balaban J connectivity index is 1.94. The summed E-state index contributed by atoms with van der Waals surface area (Å²) in [6.07, 6.45) is 0. The number of hydrogen-bond donors (Lipinski definition) is 2. The number of carbonyl (C=O) groups is 2. The first-order valence-electron chi connectivity index (χ1n) is 8.20. The fourth-order valence-electron chi connectivity index (χ4n) is 2.31. The van der Waals surface area contributed by atoms with Crippen LogP contribution in [-0.4, -0.2) is 43.5 Å². The van der Waals surface area contributed by atoms with Crippen LogP contribution in [0.5, 0.6) is 5.75 Å². The number of rotatable bonds is 7. The van der Waals surface area contributed by atoms with Crippen molar-refractivity contribution in [2.75, 3.05) is 31.3 Å². The number of halogens is 2. The van der Waals surface area contributed by atoms with E-state index in [1.54, 1.807) is 61.3 Å². The fourth-order valence-corrected chi connectivity index (χ4v) is 2.61. The topological polar surface area (TPSA) is 70.7 Å². The van der Waals surface area contributed by atoms with Crippen LogP contribution in [-0.2, 0) is 9.59 Å². The molecule has 0 fully saturated rings. The zero-order chi connectivity index (χ0) is 20.0. The van der Waals surface area contributed by atoms with Crippen molar-refractivity contribution >= 4 is 46.4 Å². The summed E-state index contributed by atoms with van der Waals surface area (Å²) in [5, 5.41) is 6.61. The minimum Gasteiger partial charge on any atom is -0.495 e. The molecular weight excluding hydrogens is 389 g/mol. The van der Waals surface area contributed by atoms with Gasteiger partial charge in [0.05, 0.1) is 25.4 Å². The molecule has 2 amide bonds. The molecule has 2 rings (SSSR count). The van der Waals surface area contributed by atoms with Crippen LogP contribution in [0.3, 0.4) is 0 Å². The van der Waals surface area contributed by atoms with Gasteiger partial charge in [-0.1, -0.05) is 23.2 Å². The van der Waals surface area contributed by atoms with Gasteiger partial charge in [-0.15, -0.1) is 0 Å². The first-order chi connectivity index (χ1) is 12.8. The molecule has 2 aromatic rings. The summed E-state index contributed by atoms with van der Waals surface area (Å²) in [7, 11) is 3.20. The SMILES string of the molecule is COc1ccc(Cl)cc1NC(=O)CN(C)C(C)C(=O)Nc1ccc(Cl)cc1. The lowest BCUT2D eigenvalue weighted by Gasteiger charge is -2.23. The first-order valence-corrected chi connectivity index (χ1v) is 8.96. The lowest BCUT2D eigenvalue weighted by molar-refractivity contribution is -0.122. The maximum atomic E-state index is 12.4. The molecule has 0 radical (unpaired) electrons. The van der Waals surface area contributed by atoms with Gasteiger partial charge < -0.3 is 15.4 Å². The highest BCUT2D eigenvalue weighted by Crippen LogP contribution is 2.27. The molecule has 0 heterocycles. The lowest BCUT2D eigenvalue weighted by atomic mass is 10.2. The highest BCUT2D eigenvalue weighted by molar-refractivity contribution is 6.31. The largest absolute Gasteiger partial charge is 0.495 e. The van der Waals surface area contributed by atoms with Crippen molar-refractivity contribution < 1.29 is 14.3 Å². The number of anilines is 2. The van der Waals surface area contributed by atoms with Crippen LogP contribution in [0.2, 0.25) is 10.0 Å². The molecule has 0 aromatic heterocycles.